The molecule has 0 unspecified atom stereocenters. The lowest BCUT2D eigenvalue weighted by Crippen LogP contribution is -3.00. The summed E-state index contributed by atoms with van der Waals surface area (Å²) in [6.45, 7) is 0. The van der Waals surface area contributed by atoms with E-state index in [2.05, 4.69) is 0 Å². The van der Waals surface area contributed by atoms with Crippen LogP contribution in [0.15, 0.2) is 52.9 Å². The van der Waals surface area contributed by atoms with Gasteiger partial charge in [0.25, 0.3) is 0 Å². The molecule has 3 N–H and O–H groups in total. The van der Waals surface area contributed by atoms with Gasteiger partial charge in [-0.05, 0) is 18.2 Å². The van der Waals surface area contributed by atoms with Crippen molar-refractivity contribution in [2.24, 2.45) is 0 Å². The van der Waals surface area contributed by atoms with E-state index in [0.29, 0.717) is 5.58 Å². The molecule has 0 bridgehead atoms. The first kappa shape index (κ1) is 14.0. The lowest BCUT2D eigenvalue weighted by Gasteiger charge is -2.01. The molecule has 102 valence electrons. The maximum atomic E-state index is 9.99. The second-order valence-electron chi connectivity index (χ2n) is 4.17. The van der Waals surface area contributed by atoms with Crippen LogP contribution in [0.1, 0.15) is 0 Å². The van der Waals surface area contributed by atoms with E-state index in [1.165, 1.54) is 6.07 Å². The number of fused-ring (bicyclic) bond motifs is 1. The van der Waals surface area contributed by atoms with Crippen LogP contribution in [-0.2, 0) is 0 Å². The Hall–Kier alpha value is -2.46. The molecule has 0 amide bonds. The Morgan fingerprint density at radius 3 is 2.35 bits per heavy atom. The van der Waals surface area contributed by atoms with Crippen LogP contribution in [0.25, 0.3) is 22.3 Å². The van der Waals surface area contributed by atoms with Gasteiger partial charge in [0.05, 0.1) is 5.39 Å². The number of phenols is 2. The number of phenolic OH excluding ortho intramolecular Hbond substituents is 2. The molecule has 0 aliphatic heterocycles. The van der Waals surface area contributed by atoms with Crippen molar-refractivity contribution < 1.29 is 32.1 Å². The topological polar surface area (TPSA) is 72.0 Å². The van der Waals surface area contributed by atoms with Crippen LogP contribution in [0.4, 0.5) is 0 Å². The van der Waals surface area contributed by atoms with E-state index in [0.717, 1.165) is 5.39 Å². The fourth-order valence-electron chi connectivity index (χ4n) is 1.98. The molecular weight excluding hydrogens is 280 g/mol. The Morgan fingerprint density at radius 2 is 1.55 bits per heavy atom. The van der Waals surface area contributed by atoms with E-state index >= 15 is 0 Å². The third kappa shape index (κ3) is 2.21. The number of aromatic hydroxyl groups is 3. The minimum Gasteiger partial charge on any atom is -1.00 e. The lowest BCUT2D eigenvalue weighted by atomic mass is 10.1. The number of rotatable bonds is 1. The van der Waals surface area contributed by atoms with Crippen molar-refractivity contribution in [2.45, 2.75) is 0 Å². The summed E-state index contributed by atoms with van der Waals surface area (Å²) in [5.41, 5.74) is 0.821. The van der Waals surface area contributed by atoms with Crippen LogP contribution >= 0.6 is 0 Å². The maximum Gasteiger partial charge on any atom is 0.405 e. The molecule has 3 rings (SSSR count). The molecule has 0 spiro atoms. The summed E-state index contributed by atoms with van der Waals surface area (Å²) >= 11 is 0. The number of benzene rings is 2. The Kier molecular flexibility index (Phi) is 3.68. The molecule has 0 saturated carbocycles. The van der Waals surface area contributed by atoms with E-state index in [4.69, 9.17) is 4.42 Å². The van der Waals surface area contributed by atoms with Gasteiger partial charge in [-0.3, -0.25) is 0 Å². The van der Waals surface area contributed by atoms with Gasteiger partial charge in [0.1, 0.15) is 5.56 Å². The zero-order chi connectivity index (χ0) is 13.4. The molecule has 0 fully saturated rings. The van der Waals surface area contributed by atoms with Gasteiger partial charge in [-0.1, -0.05) is 18.2 Å². The van der Waals surface area contributed by atoms with E-state index in [-0.39, 0.29) is 41.0 Å². The molecule has 5 heteroatoms. The van der Waals surface area contributed by atoms with Crippen LogP contribution < -0.4 is 12.4 Å². The highest BCUT2D eigenvalue weighted by atomic mass is 35.5. The van der Waals surface area contributed by atoms with Crippen molar-refractivity contribution in [3.63, 3.8) is 0 Å². The van der Waals surface area contributed by atoms with Crippen molar-refractivity contribution >= 4 is 11.0 Å². The summed E-state index contributed by atoms with van der Waals surface area (Å²) in [7, 11) is 0. The van der Waals surface area contributed by atoms with Gasteiger partial charge in [0.2, 0.25) is 5.75 Å². The van der Waals surface area contributed by atoms with Gasteiger partial charge in [-0.2, -0.15) is 0 Å². The number of hydrogen-bond donors (Lipinski definition) is 3. The summed E-state index contributed by atoms with van der Waals surface area (Å²) in [5.74, 6) is -0.566. The zero-order valence-electron chi connectivity index (χ0n) is 10.2. The minimum atomic E-state index is -0.322. The Bertz CT molecular complexity index is 771. The minimum absolute atomic E-state index is 0. The Labute approximate surface area is 121 Å². The van der Waals surface area contributed by atoms with Crippen molar-refractivity contribution in [1.29, 1.82) is 0 Å². The fraction of sp³-hybridized carbons (Fsp3) is 0. The molecule has 0 saturated heterocycles. The standard InChI is InChI=1S/C15H10O4.ClH/c16-11-6-3-5-10(14(11)18)15-12(17)8-9-4-1-2-7-13(9)19-15;/h1-8H,(H2-,16,17,18);1H. The molecule has 2 aromatic carbocycles. The van der Waals surface area contributed by atoms with Crippen LogP contribution in [0.2, 0.25) is 0 Å². The van der Waals surface area contributed by atoms with Gasteiger partial charge in [-0.15, -0.1) is 0 Å². The zero-order valence-corrected chi connectivity index (χ0v) is 11.0. The molecule has 0 atom stereocenters. The number of hydrogen-bond acceptors (Lipinski definition) is 3. The molecule has 3 aromatic rings. The Morgan fingerprint density at radius 1 is 0.800 bits per heavy atom. The Balaban J connectivity index is 0.00000147. The summed E-state index contributed by atoms with van der Waals surface area (Å²) < 4.78 is 5.59. The van der Waals surface area contributed by atoms with Crippen LogP contribution in [0.3, 0.4) is 0 Å². The first-order valence-corrected chi connectivity index (χ1v) is 5.73. The van der Waals surface area contributed by atoms with E-state index in [9.17, 15) is 15.3 Å². The predicted octanol–water partition coefficient (Wildman–Crippen LogP) is 0.502. The number of halogens is 1. The maximum absolute atomic E-state index is 9.99. The summed E-state index contributed by atoms with van der Waals surface area (Å²) in [6.07, 6.45) is 0. The van der Waals surface area contributed by atoms with Crippen LogP contribution in [-0.4, -0.2) is 15.3 Å². The summed E-state index contributed by atoms with van der Waals surface area (Å²) in [4.78, 5) is 0. The van der Waals surface area contributed by atoms with Crippen molar-refractivity contribution in [1.82, 2.24) is 0 Å². The summed E-state index contributed by atoms with van der Waals surface area (Å²) in [5, 5.41) is 30.1. The van der Waals surface area contributed by atoms with E-state index < -0.39 is 0 Å². The average molecular weight is 291 g/mol. The van der Waals surface area contributed by atoms with Crippen molar-refractivity contribution in [3.05, 3.63) is 48.5 Å². The molecule has 0 aliphatic rings. The quantitative estimate of drug-likeness (QED) is 0.451. The monoisotopic (exact) mass is 290 g/mol. The summed E-state index contributed by atoms with van der Waals surface area (Å²) in [6, 6.07) is 13.3. The SMILES string of the molecule is Oc1cc2ccccc2[o+]c1-c1cccc(O)c1O.[Cl-]. The van der Waals surface area contributed by atoms with Gasteiger partial charge < -0.3 is 27.7 Å². The largest absolute Gasteiger partial charge is 1.00 e. The molecule has 1 heterocycles. The second kappa shape index (κ2) is 5.27. The normalized spacial score (nSPS) is 10.2. The second-order valence-corrected chi connectivity index (χ2v) is 4.17. The molecule has 0 radical (unpaired) electrons. The highest BCUT2D eigenvalue weighted by Gasteiger charge is 2.25. The van der Waals surface area contributed by atoms with Crippen molar-refractivity contribution in [2.75, 3.05) is 0 Å². The molecule has 4 nitrogen and oxygen atoms in total. The third-order valence-corrected chi connectivity index (χ3v) is 2.92. The van der Waals surface area contributed by atoms with Crippen LogP contribution in [0, 0.1) is 0 Å². The lowest BCUT2D eigenvalue weighted by molar-refractivity contribution is -0.00000683. The highest BCUT2D eigenvalue weighted by Crippen LogP contribution is 2.41. The average Bonchev–Trinajstić information content (AvgIpc) is 2.41. The van der Waals surface area contributed by atoms with Gasteiger partial charge in [-0.25, -0.2) is 4.42 Å². The molecule has 1 aromatic heterocycles. The molecule has 20 heavy (non-hydrogen) atoms. The third-order valence-electron chi connectivity index (χ3n) is 2.92. The van der Waals surface area contributed by atoms with Gasteiger partial charge in [0.15, 0.2) is 11.5 Å². The van der Waals surface area contributed by atoms with Crippen LogP contribution in [0.5, 0.6) is 17.2 Å². The predicted molar refractivity (Wildman–Crippen MR) is 71.1 cm³/mol. The number of para-hydroxylation sites is 2. The van der Waals surface area contributed by atoms with Crippen molar-refractivity contribution in [3.8, 4) is 28.6 Å². The van der Waals surface area contributed by atoms with Gasteiger partial charge in [0, 0.05) is 12.1 Å². The van der Waals surface area contributed by atoms with E-state index in [1.54, 1.807) is 24.3 Å². The molecule has 0 aliphatic carbocycles. The van der Waals surface area contributed by atoms with Gasteiger partial charge >= 0.3 is 11.3 Å². The first-order chi connectivity index (χ1) is 9.16. The van der Waals surface area contributed by atoms with E-state index in [1.807, 2.05) is 18.2 Å². The fourth-order valence-corrected chi connectivity index (χ4v) is 1.98. The molecular formula is C15H11ClO4. The first-order valence-electron chi connectivity index (χ1n) is 5.73. The highest BCUT2D eigenvalue weighted by molar-refractivity contribution is 5.83. The smallest absolute Gasteiger partial charge is 0.405 e.